The Morgan fingerprint density at radius 1 is 1.14 bits per heavy atom. The van der Waals surface area contributed by atoms with E-state index < -0.39 is 0 Å². The molecule has 1 aliphatic carbocycles. The fourth-order valence-corrected chi connectivity index (χ4v) is 2.19. The average molecular weight is 292 g/mol. The number of nitrogens with zero attached hydrogens (tertiary/aromatic N) is 2. The van der Waals surface area contributed by atoms with Crippen molar-refractivity contribution in [3.8, 4) is 5.88 Å². The third kappa shape index (κ3) is 4.76. The van der Waals surface area contributed by atoms with Gasteiger partial charge in [-0.25, -0.2) is 4.98 Å². The van der Waals surface area contributed by atoms with Gasteiger partial charge in [0.25, 0.3) is 0 Å². The van der Waals surface area contributed by atoms with Gasteiger partial charge in [0.05, 0.1) is 6.61 Å². The molecule has 0 amide bonds. The minimum absolute atomic E-state index is 0.496. The molecule has 118 valence electrons. The highest BCUT2D eigenvalue weighted by atomic mass is 16.5. The van der Waals surface area contributed by atoms with Gasteiger partial charge in [-0.2, -0.15) is 4.98 Å². The predicted molar refractivity (Wildman–Crippen MR) is 86.8 cm³/mol. The molecule has 1 aromatic heterocycles. The molecule has 0 atom stereocenters. The van der Waals surface area contributed by atoms with E-state index in [1.807, 2.05) is 0 Å². The lowest BCUT2D eigenvalue weighted by atomic mass is 10.2. The number of nitrogen functional groups attached to an aromatic ring is 1. The van der Waals surface area contributed by atoms with Gasteiger partial charge in [0, 0.05) is 12.5 Å². The largest absolute Gasteiger partial charge is 0.476 e. The number of hydrogen-bond donors (Lipinski definition) is 2. The SMILES string of the molecule is CCCCCCNc1nc(C2CC2)nc(OCCC)c1N. The molecule has 0 unspecified atom stereocenters. The summed E-state index contributed by atoms with van der Waals surface area (Å²) < 4.78 is 5.67. The fourth-order valence-electron chi connectivity index (χ4n) is 2.19. The molecule has 1 heterocycles. The van der Waals surface area contributed by atoms with Crippen molar-refractivity contribution in [2.24, 2.45) is 0 Å². The van der Waals surface area contributed by atoms with Crippen LogP contribution in [0.1, 0.15) is 70.5 Å². The normalized spacial score (nSPS) is 14.2. The number of rotatable bonds is 10. The number of nitrogens with one attached hydrogen (secondary N) is 1. The molecule has 0 bridgehead atoms. The summed E-state index contributed by atoms with van der Waals surface area (Å²) in [6.45, 7) is 5.83. The lowest BCUT2D eigenvalue weighted by Gasteiger charge is -2.14. The fraction of sp³-hybridized carbons (Fsp3) is 0.750. The van der Waals surface area contributed by atoms with Crippen molar-refractivity contribution < 1.29 is 4.74 Å². The first-order valence-corrected chi connectivity index (χ1v) is 8.30. The third-order valence-electron chi connectivity index (χ3n) is 3.64. The summed E-state index contributed by atoms with van der Waals surface area (Å²) in [6.07, 6.45) is 8.20. The van der Waals surface area contributed by atoms with Crippen LogP contribution in [0.3, 0.4) is 0 Å². The topological polar surface area (TPSA) is 73.1 Å². The smallest absolute Gasteiger partial charge is 0.242 e. The molecule has 0 spiro atoms. The van der Waals surface area contributed by atoms with E-state index >= 15 is 0 Å². The van der Waals surface area contributed by atoms with E-state index in [0.717, 1.165) is 31.0 Å². The van der Waals surface area contributed by atoms with Gasteiger partial charge in [-0.15, -0.1) is 0 Å². The molecule has 5 heteroatoms. The minimum Gasteiger partial charge on any atom is -0.476 e. The Morgan fingerprint density at radius 2 is 1.95 bits per heavy atom. The second-order valence-corrected chi connectivity index (χ2v) is 5.76. The van der Waals surface area contributed by atoms with Gasteiger partial charge in [-0.3, -0.25) is 0 Å². The van der Waals surface area contributed by atoms with Crippen LogP contribution >= 0.6 is 0 Å². The van der Waals surface area contributed by atoms with Gasteiger partial charge < -0.3 is 15.8 Å². The van der Waals surface area contributed by atoms with Gasteiger partial charge in [-0.05, 0) is 25.7 Å². The maximum absolute atomic E-state index is 6.14. The van der Waals surface area contributed by atoms with E-state index in [9.17, 15) is 0 Å². The molecule has 5 nitrogen and oxygen atoms in total. The maximum Gasteiger partial charge on any atom is 0.242 e. The number of anilines is 2. The summed E-state index contributed by atoms with van der Waals surface area (Å²) in [7, 11) is 0. The standard InChI is InChI=1S/C16H28N4O/c1-3-5-6-7-10-18-15-13(17)16(21-11-4-2)20-14(19-15)12-8-9-12/h12H,3-11,17H2,1-2H3,(H,18,19,20). The molecule has 0 aliphatic heterocycles. The van der Waals surface area contributed by atoms with Gasteiger partial charge in [0.1, 0.15) is 11.5 Å². The summed E-state index contributed by atoms with van der Waals surface area (Å²) in [6, 6.07) is 0. The van der Waals surface area contributed by atoms with Crippen LogP contribution in [0.4, 0.5) is 11.5 Å². The van der Waals surface area contributed by atoms with Crippen molar-refractivity contribution in [1.82, 2.24) is 9.97 Å². The Balaban J connectivity index is 2.01. The number of ether oxygens (including phenoxy) is 1. The Hall–Kier alpha value is -1.52. The number of aromatic nitrogens is 2. The highest BCUT2D eigenvalue weighted by Crippen LogP contribution is 2.40. The van der Waals surface area contributed by atoms with Gasteiger partial charge in [0.15, 0.2) is 5.82 Å². The molecule has 0 saturated heterocycles. The van der Waals surface area contributed by atoms with Crippen molar-refractivity contribution in [3.63, 3.8) is 0 Å². The van der Waals surface area contributed by atoms with Crippen LogP contribution in [0.15, 0.2) is 0 Å². The Kier molecular flexibility index (Phi) is 6.08. The number of hydrogen-bond acceptors (Lipinski definition) is 5. The number of nitrogens with two attached hydrogens (primary N) is 1. The van der Waals surface area contributed by atoms with E-state index in [1.165, 1.54) is 32.1 Å². The predicted octanol–water partition coefficient (Wildman–Crippen LogP) is 3.72. The van der Waals surface area contributed by atoms with E-state index in [4.69, 9.17) is 10.5 Å². The van der Waals surface area contributed by atoms with Crippen LogP contribution in [0.2, 0.25) is 0 Å². The van der Waals surface area contributed by atoms with Gasteiger partial charge >= 0.3 is 0 Å². The van der Waals surface area contributed by atoms with Crippen LogP contribution in [0.25, 0.3) is 0 Å². The Morgan fingerprint density at radius 3 is 2.62 bits per heavy atom. The maximum atomic E-state index is 6.14. The van der Waals surface area contributed by atoms with Crippen LogP contribution in [-0.2, 0) is 0 Å². The van der Waals surface area contributed by atoms with Crippen LogP contribution < -0.4 is 15.8 Å². The lowest BCUT2D eigenvalue weighted by Crippen LogP contribution is -2.11. The molecule has 1 saturated carbocycles. The van der Waals surface area contributed by atoms with Crippen LogP contribution in [0.5, 0.6) is 5.88 Å². The summed E-state index contributed by atoms with van der Waals surface area (Å²) >= 11 is 0. The molecule has 0 aromatic carbocycles. The zero-order chi connectivity index (χ0) is 15.1. The Bertz CT molecular complexity index is 446. The molecular weight excluding hydrogens is 264 g/mol. The zero-order valence-corrected chi connectivity index (χ0v) is 13.3. The van der Waals surface area contributed by atoms with E-state index in [-0.39, 0.29) is 0 Å². The highest BCUT2D eigenvalue weighted by Gasteiger charge is 2.28. The first-order valence-electron chi connectivity index (χ1n) is 8.30. The highest BCUT2D eigenvalue weighted by molar-refractivity contribution is 5.67. The Labute approximate surface area is 127 Å². The molecule has 21 heavy (non-hydrogen) atoms. The summed E-state index contributed by atoms with van der Waals surface area (Å²) in [4.78, 5) is 9.09. The van der Waals surface area contributed by atoms with E-state index in [1.54, 1.807) is 0 Å². The van der Waals surface area contributed by atoms with E-state index in [2.05, 4.69) is 29.1 Å². The lowest BCUT2D eigenvalue weighted by molar-refractivity contribution is 0.305. The van der Waals surface area contributed by atoms with E-state index in [0.29, 0.717) is 24.1 Å². The molecule has 1 fully saturated rings. The molecule has 2 rings (SSSR count). The summed E-state index contributed by atoms with van der Waals surface area (Å²) in [5.41, 5.74) is 6.69. The van der Waals surface area contributed by atoms with Crippen molar-refractivity contribution >= 4 is 11.5 Å². The summed E-state index contributed by atoms with van der Waals surface area (Å²) in [5.74, 6) is 2.67. The van der Waals surface area contributed by atoms with Gasteiger partial charge in [0.2, 0.25) is 5.88 Å². The van der Waals surface area contributed by atoms with Crippen molar-refractivity contribution in [1.29, 1.82) is 0 Å². The van der Waals surface area contributed by atoms with Crippen molar-refractivity contribution in [2.45, 2.75) is 64.7 Å². The quantitative estimate of drug-likeness (QED) is 0.643. The molecule has 1 aromatic rings. The minimum atomic E-state index is 0.496. The van der Waals surface area contributed by atoms with Crippen molar-refractivity contribution in [2.75, 3.05) is 24.2 Å². The first kappa shape index (κ1) is 15.9. The van der Waals surface area contributed by atoms with Crippen LogP contribution in [0, 0.1) is 0 Å². The van der Waals surface area contributed by atoms with Crippen LogP contribution in [-0.4, -0.2) is 23.1 Å². The number of unbranched alkanes of at least 4 members (excludes halogenated alkanes) is 3. The van der Waals surface area contributed by atoms with Gasteiger partial charge in [-0.1, -0.05) is 33.1 Å². The third-order valence-corrected chi connectivity index (χ3v) is 3.64. The zero-order valence-electron chi connectivity index (χ0n) is 13.3. The second kappa shape index (κ2) is 8.05. The molecule has 0 radical (unpaired) electrons. The first-order chi connectivity index (χ1) is 10.3. The van der Waals surface area contributed by atoms with Crippen molar-refractivity contribution in [3.05, 3.63) is 5.82 Å². The monoisotopic (exact) mass is 292 g/mol. The second-order valence-electron chi connectivity index (χ2n) is 5.76. The average Bonchev–Trinajstić information content (AvgIpc) is 3.32. The molecule has 3 N–H and O–H groups in total. The molecular formula is C16H28N4O. The molecule has 1 aliphatic rings. The summed E-state index contributed by atoms with van der Waals surface area (Å²) in [5, 5.41) is 3.36.